The molecule has 0 aliphatic rings. The number of ether oxygens (including phenoxy) is 1. The molecule has 0 spiro atoms. The van der Waals surface area contributed by atoms with Gasteiger partial charge in [0.15, 0.2) is 6.19 Å². The van der Waals surface area contributed by atoms with Crippen molar-refractivity contribution in [2.75, 3.05) is 11.9 Å². The lowest BCUT2D eigenvalue weighted by molar-refractivity contribution is 0.340. The molecule has 1 N–H and O–H groups in total. The Labute approximate surface area is 71.6 Å². The Balaban J connectivity index is 2.75. The van der Waals surface area contributed by atoms with Crippen molar-refractivity contribution in [1.82, 2.24) is 0 Å². The molecule has 0 aliphatic carbocycles. The molecule has 0 fully saturated rings. The van der Waals surface area contributed by atoms with E-state index >= 15 is 0 Å². The lowest BCUT2D eigenvalue weighted by Crippen LogP contribution is -1.92. The maximum Gasteiger partial charge on any atom is 0.181 e. The van der Waals surface area contributed by atoms with Crippen molar-refractivity contribution in [2.24, 2.45) is 0 Å². The van der Waals surface area contributed by atoms with Gasteiger partial charge in [0.05, 0.1) is 12.3 Å². The van der Waals surface area contributed by atoms with Crippen LogP contribution in [-0.4, -0.2) is 6.61 Å². The Morgan fingerprint density at radius 2 is 2.42 bits per heavy atom. The highest BCUT2D eigenvalue weighted by Crippen LogP contribution is 2.16. The van der Waals surface area contributed by atoms with E-state index < -0.39 is 0 Å². The lowest BCUT2D eigenvalue weighted by Gasteiger charge is -2.03. The first-order chi connectivity index (χ1) is 5.86. The first-order valence-electron chi connectivity index (χ1n) is 3.74. The summed E-state index contributed by atoms with van der Waals surface area (Å²) in [4.78, 5) is 0. The SMILES string of the molecule is CCOc1cccc(NC#N)c1. The molecule has 0 aromatic heterocycles. The van der Waals surface area contributed by atoms with Crippen molar-refractivity contribution < 1.29 is 4.74 Å². The predicted octanol–water partition coefficient (Wildman–Crippen LogP) is 1.98. The number of hydrogen-bond donors (Lipinski definition) is 1. The van der Waals surface area contributed by atoms with E-state index in [0.717, 1.165) is 11.4 Å². The molecule has 1 aromatic rings. The summed E-state index contributed by atoms with van der Waals surface area (Å²) in [6, 6.07) is 7.29. The predicted molar refractivity (Wildman–Crippen MR) is 46.8 cm³/mol. The minimum absolute atomic E-state index is 0.635. The van der Waals surface area contributed by atoms with E-state index in [4.69, 9.17) is 10.00 Å². The van der Waals surface area contributed by atoms with Crippen LogP contribution in [0, 0.1) is 11.5 Å². The highest BCUT2D eigenvalue weighted by Gasteiger charge is 1.93. The number of hydrogen-bond acceptors (Lipinski definition) is 3. The third-order valence-electron chi connectivity index (χ3n) is 1.35. The van der Waals surface area contributed by atoms with Crippen molar-refractivity contribution in [3.05, 3.63) is 24.3 Å². The Kier molecular flexibility index (Phi) is 2.97. The van der Waals surface area contributed by atoms with Gasteiger partial charge in [0.25, 0.3) is 0 Å². The molecule has 0 saturated heterocycles. The average molecular weight is 162 g/mol. The summed E-state index contributed by atoms with van der Waals surface area (Å²) >= 11 is 0. The molecule has 1 rings (SSSR count). The van der Waals surface area contributed by atoms with Gasteiger partial charge in [-0.05, 0) is 19.1 Å². The van der Waals surface area contributed by atoms with Crippen molar-refractivity contribution in [1.29, 1.82) is 5.26 Å². The quantitative estimate of drug-likeness (QED) is 0.546. The molecule has 62 valence electrons. The Morgan fingerprint density at radius 3 is 3.08 bits per heavy atom. The molecular formula is C9H10N2O. The van der Waals surface area contributed by atoms with E-state index in [-0.39, 0.29) is 0 Å². The minimum Gasteiger partial charge on any atom is -0.494 e. The number of benzene rings is 1. The van der Waals surface area contributed by atoms with Crippen LogP contribution in [0.2, 0.25) is 0 Å². The molecule has 12 heavy (non-hydrogen) atoms. The molecule has 0 bridgehead atoms. The van der Waals surface area contributed by atoms with Crippen molar-refractivity contribution in [2.45, 2.75) is 6.92 Å². The van der Waals surface area contributed by atoms with E-state index in [1.165, 1.54) is 0 Å². The second-order valence-corrected chi connectivity index (χ2v) is 2.20. The van der Waals surface area contributed by atoms with Crippen molar-refractivity contribution in [3.8, 4) is 11.9 Å². The molecule has 0 aliphatic heterocycles. The molecule has 0 saturated carbocycles. The topological polar surface area (TPSA) is 45.0 Å². The van der Waals surface area contributed by atoms with Gasteiger partial charge in [0.2, 0.25) is 0 Å². The molecule has 3 heteroatoms. The summed E-state index contributed by atoms with van der Waals surface area (Å²) < 4.78 is 5.24. The highest BCUT2D eigenvalue weighted by molar-refractivity contribution is 5.50. The number of nitriles is 1. The first-order valence-corrected chi connectivity index (χ1v) is 3.74. The summed E-state index contributed by atoms with van der Waals surface area (Å²) in [5.74, 6) is 0.776. The molecule has 1 aromatic carbocycles. The zero-order valence-corrected chi connectivity index (χ0v) is 6.87. The fourth-order valence-corrected chi connectivity index (χ4v) is 0.895. The van der Waals surface area contributed by atoms with Crippen LogP contribution in [0.15, 0.2) is 24.3 Å². The number of nitrogens with zero attached hydrogens (tertiary/aromatic N) is 1. The van der Waals surface area contributed by atoms with Gasteiger partial charge in [-0.15, -0.1) is 0 Å². The van der Waals surface area contributed by atoms with Crippen LogP contribution in [0.4, 0.5) is 5.69 Å². The normalized spacial score (nSPS) is 8.67. The van der Waals surface area contributed by atoms with Gasteiger partial charge in [-0.2, -0.15) is 5.26 Å². The van der Waals surface area contributed by atoms with Crippen LogP contribution in [0.1, 0.15) is 6.92 Å². The van der Waals surface area contributed by atoms with Crippen molar-refractivity contribution in [3.63, 3.8) is 0 Å². The number of anilines is 1. The van der Waals surface area contributed by atoms with Crippen LogP contribution in [0.25, 0.3) is 0 Å². The van der Waals surface area contributed by atoms with E-state index in [9.17, 15) is 0 Å². The second-order valence-electron chi connectivity index (χ2n) is 2.20. The third kappa shape index (κ3) is 2.17. The molecule has 0 heterocycles. The minimum atomic E-state index is 0.635. The van der Waals surface area contributed by atoms with Crippen LogP contribution in [0.3, 0.4) is 0 Å². The smallest absolute Gasteiger partial charge is 0.181 e. The molecule has 0 unspecified atom stereocenters. The van der Waals surface area contributed by atoms with Gasteiger partial charge in [-0.3, -0.25) is 5.32 Å². The summed E-state index contributed by atoms with van der Waals surface area (Å²) in [6.07, 6.45) is 1.85. The van der Waals surface area contributed by atoms with Gasteiger partial charge in [-0.1, -0.05) is 6.07 Å². The lowest BCUT2D eigenvalue weighted by atomic mass is 10.3. The van der Waals surface area contributed by atoms with Crippen LogP contribution >= 0.6 is 0 Å². The van der Waals surface area contributed by atoms with E-state index in [1.807, 2.05) is 31.3 Å². The standard InChI is InChI=1S/C9H10N2O/c1-2-12-9-5-3-4-8(6-9)11-7-10/h3-6,11H,2H2,1H3. The molecule has 3 nitrogen and oxygen atoms in total. The van der Waals surface area contributed by atoms with E-state index in [0.29, 0.717) is 6.61 Å². The van der Waals surface area contributed by atoms with Crippen LogP contribution in [-0.2, 0) is 0 Å². The Morgan fingerprint density at radius 1 is 1.58 bits per heavy atom. The van der Waals surface area contributed by atoms with Gasteiger partial charge < -0.3 is 4.74 Å². The van der Waals surface area contributed by atoms with Crippen LogP contribution < -0.4 is 10.1 Å². The summed E-state index contributed by atoms with van der Waals surface area (Å²) in [5, 5.41) is 10.9. The summed E-state index contributed by atoms with van der Waals surface area (Å²) in [7, 11) is 0. The zero-order valence-electron chi connectivity index (χ0n) is 6.87. The fourth-order valence-electron chi connectivity index (χ4n) is 0.895. The monoisotopic (exact) mass is 162 g/mol. The Bertz CT molecular complexity index is 291. The maximum atomic E-state index is 8.34. The highest BCUT2D eigenvalue weighted by atomic mass is 16.5. The largest absolute Gasteiger partial charge is 0.494 e. The summed E-state index contributed by atoms with van der Waals surface area (Å²) in [5.41, 5.74) is 0.753. The molecule has 0 atom stereocenters. The first kappa shape index (κ1) is 8.41. The van der Waals surface area contributed by atoms with Gasteiger partial charge in [0.1, 0.15) is 5.75 Å². The average Bonchev–Trinajstić information content (AvgIpc) is 2.06. The fraction of sp³-hybridized carbons (Fsp3) is 0.222. The summed E-state index contributed by atoms with van der Waals surface area (Å²) in [6.45, 7) is 2.56. The molecule has 0 amide bonds. The number of nitrogens with one attached hydrogen (secondary N) is 1. The maximum absolute atomic E-state index is 8.34. The zero-order chi connectivity index (χ0) is 8.81. The Hall–Kier alpha value is -1.69. The van der Waals surface area contributed by atoms with Crippen LogP contribution in [0.5, 0.6) is 5.75 Å². The van der Waals surface area contributed by atoms with Gasteiger partial charge >= 0.3 is 0 Å². The molecular weight excluding hydrogens is 152 g/mol. The van der Waals surface area contributed by atoms with Gasteiger partial charge in [-0.25, -0.2) is 0 Å². The van der Waals surface area contributed by atoms with Crippen molar-refractivity contribution >= 4 is 5.69 Å². The second kappa shape index (κ2) is 4.24. The van der Waals surface area contributed by atoms with E-state index in [2.05, 4.69) is 5.32 Å². The third-order valence-corrected chi connectivity index (χ3v) is 1.35. The number of rotatable bonds is 3. The molecule has 0 radical (unpaired) electrons. The van der Waals surface area contributed by atoms with E-state index in [1.54, 1.807) is 6.07 Å². The van der Waals surface area contributed by atoms with Gasteiger partial charge in [0, 0.05) is 6.07 Å².